The zero-order chi connectivity index (χ0) is 21.9. The molecule has 1 fully saturated rings. The molecule has 0 radical (unpaired) electrons. The fourth-order valence-corrected chi connectivity index (χ4v) is 5.53. The van der Waals surface area contributed by atoms with Gasteiger partial charge < -0.3 is 5.32 Å². The Labute approximate surface area is 186 Å². The summed E-state index contributed by atoms with van der Waals surface area (Å²) in [6.07, 6.45) is 22.8. The van der Waals surface area contributed by atoms with Crippen molar-refractivity contribution in [2.75, 3.05) is 12.3 Å². The first-order valence-electron chi connectivity index (χ1n) is 12.8. The van der Waals surface area contributed by atoms with E-state index in [-0.39, 0.29) is 11.7 Å². The van der Waals surface area contributed by atoms with Gasteiger partial charge >= 0.3 is 0 Å². The van der Waals surface area contributed by atoms with E-state index >= 15 is 0 Å². The van der Waals surface area contributed by atoms with Gasteiger partial charge in [-0.3, -0.25) is 4.79 Å². The van der Waals surface area contributed by atoms with Gasteiger partial charge in [-0.25, -0.2) is 13.1 Å². The molecule has 30 heavy (non-hydrogen) atoms. The van der Waals surface area contributed by atoms with Crippen molar-refractivity contribution in [1.29, 1.82) is 0 Å². The Kier molecular flexibility index (Phi) is 16.4. The summed E-state index contributed by atoms with van der Waals surface area (Å²) in [5.74, 6) is -0.0436. The molecule has 1 atom stereocenters. The second-order valence-electron chi connectivity index (χ2n) is 9.08. The van der Waals surface area contributed by atoms with E-state index in [4.69, 9.17) is 0 Å². The Morgan fingerprint density at radius 2 is 1.23 bits per heavy atom. The lowest BCUT2D eigenvalue weighted by molar-refractivity contribution is -0.122. The van der Waals surface area contributed by atoms with Gasteiger partial charge in [0, 0.05) is 6.54 Å². The molecule has 0 spiro atoms. The standard InChI is InChI=1S/C24H48N2O3S/c1-2-3-4-5-6-7-8-9-10-11-12-13-14-15-16-19-22-30(28,29)26-23-20-17-18-21-25-24(23)27/h23,26H,2-22H2,1H3,(H,25,27)/t23-/m0/s1. The summed E-state index contributed by atoms with van der Waals surface area (Å²) in [5.41, 5.74) is 0. The van der Waals surface area contributed by atoms with Crippen molar-refractivity contribution in [2.45, 2.75) is 135 Å². The van der Waals surface area contributed by atoms with Crippen LogP contribution in [0.1, 0.15) is 129 Å². The van der Waals surface area contributed by atoms with Crippen LogP contribution in [0.25, 0.3) is 0 Å². The van der Waals surface area contributed by atoms with Crippen LogP contribution in [0.4, 0.5) is 0 Å². The minimum atomic E-state index is -3.36. The highest BCUT2D eigenvalue weighted by Gasteiger charge is 2.25. The van der Waals surface area contributed by atoms with Crippen molar-refractivity contribution in [3.05, 3.63) is 0 Å². The summed E-state index contributed by atoms with van der Waals surface area (Å²) in [5, 5.41) is 2.78. The van der Waals surface area contributed by atoms with E-state index in [1.807, 2.05) is 0 Å². The fourth-order valence-electron chi connectivity index (χ4n) is 4.17. The molecule has 1 aliphatic rings. The third kappa shape index (κ3) is 15.2. The average molecular weight is 445 g/mol. The van der Waals surface area contributed by atoms with Gasteiger partial charge in [-0.2, -0.15) is 0 Å². The maximum absolute atomic E-state index is 12.2. The summed E-state index contributed by atoms with van der Waals surface area (Å²) in [6.45, 7) is 2.92. The van der Waals surface area contributed by atoms with Gasteiger partial charge in [0.2, 0.25) is 15.9 Å². The molecule has 178 valence electrons. The van der Waals surface area contributed by atoms with Crippen molar-refractivity contribution in [1.82, 2.24) is 10.0 Å². The number of sulfonamides is 1. The van der Waals surface area contributed by atoms with Gasteiger partial charge in [0.05, 0.1) is 5.75 Å². The predicted octanol–water partition coefficient (Wildman–Crippen LogP) is 5.84. The maximum Gasteiger partial charge on any atom is 0.238 e. The van der Waals surface area contributed by atoms with Crippen molar-refractivity contribution >= 4 is 15.9 Å². The molecule has 1 heterocycles. The summed E-state index contributed by atoms with van der Waals surface area (Å²) >= 11 is 0. The maximum atomic E-state index is 12.2. The Hall–Kier alpha value is -0.620. The topological polar surface area (TPSA) is 75.3 Å². The number of carbonyl (C=O) groups excluding carboxylic acids is 1. The van der Waals surface area contributed by atoms with Gasteiger partial charge in [-0.15, -0.1) is 0 Å². The van der Waals surface area contributed by atoms with E-state index in [2.05, 4.69) is 17.0 Å². The normalized spacial score (nSPS) is 17.6. The Bertz CT molecular complexity index is 523. The number of nitrogens with one attached hydrogen (secondary N) is 2. The highest BCUT2D eigenvalue weighted by molar-refractivity contribution is 7.89. The molecule has 1 amide bonds. The first-order valence-corrected chi connectivity index (χ1v) is 14.5. The molecule has 0 unspecified atom stereocenters. The molecule has 0 aromatic rings. The largest absolute Gasteiger partial charge is 0.355 e. The van der Waals surface area contributed by atoms with E-state index in [0.29, 0.717) is 19.4 Å². The number of rotatable bonds is 19. The Morgan fingerprint density at radius 1 is 0.767 bits per heavy atom. The number of unbranched alkanes of at least 4 members (excludes halogenated alkanes) is 15. The molecule has 6 heteroatoms. The molecule has 0 bridgehead atoms. The lowest BCUT2D eigenvalue weighted by Crippen LogP contribution is -2.46. The van der Waals surface area contributed by atoms with Crippen LogP contribution in [-0.4, -0.2) is 32.7 Å². The second kappa shape index (κ2) is 18.0. The minimum absolute atomic E-state index is 0.134. The Balaban J connectivity index is 1.89. The number of hydrogen-bond acceptors (Lipinski definition) is 3. The second-order valence-corrected chi connectivity index (χ2v) is 11.0. The van der Waals surface area contributed by atoms with Gasteiger partial charge in [0.25, 0.3) is 0 Å². The lowest BCUT2D eigenvalue weighted by atomic mass is 10.0. The Morgan fingerprint density at radius 3 is 1.73 bits per heavy atom. The predicted molar refractivity (Wildman–Crippen MR) is 127 cm³/mol. The fraction of sp³-hybridized carbons (Fsp3) is 0.958. The molecule has 1 rings (SSSR count). The lowest BCUT2D eigenvalue weighted by Gasteiger charge is -2.15. The van der Waals surface area contributed by atoms with Crippen molar-refractivity contribution in [3.8, 4) is 0 Å². The van der Waals surface area contributed by atoms with Crippen LogP contribution in [-0.2, 0) is 14.8 Å². The van der Waals surface area contributed by atoms with Gasteiger partial charge in [-0.05, 0) is 25.7 Å². The third-order valence-electron chi connectivity index (χ3n) is 6.12. The number of hydrogen-bond donors (Lipinski definition) is 2. The quantitative estimate of drug-likeness (QED) is 0.246. The van der Waals surface area contributed by atoms with Crippen LogP contribution in [0.15, 0.2) is 0 Å². The first kappa shape index (κ1) is 27.4. The van der Waals surface area contributed by atoms with E-state index in [1.165, 1.54) is 83.5 Å². The summed E-state index contributed by atoms with van der Waals surface area (Å²) in [4.78, 5) is 11.9. The smallest absolute Gasteiger partial charge is 0.238 e. The molecule has 0 aromatic carbocycles. The number of carbonyl (C=O) groups is 1. The van der Waals surface area contributed by atoms with Crippen LogP contribution in [0.3, 0.4) is 0 Å². The highest BCUT2D eigenvalue weighted by atomic mass is 32.2. The minimum Gasteiger partial charge on any atom is -0.355 e. The molecule has 0 aromatic heterocycles. The van der Waals surface area contributed by atoms with E-state index in [0.717, 1.165) is 25.7 Å². The van der Waals surface area contributed by atoms with Crippen molar-refractivity contribution in [3.63, 3.8) is 0 Å². The van der Waals surface area contributed by atoms with Gasteiger partial charge in [0.1, 0.15) is 6.04 Å². The number of amides is 1. The molecule has 0 aliphatic carbocycles. The van der Waals surface area contributed by atoms with Crippen molar-refractivity contribution in [2.24, 2.45) is 0 Å². The SMILES string of the molecule is CCCCCCCCCCCCCCCCCCS(=O)(=O)N[C@H]1CCCCNC1=O. The van der Waals surface area contributed by atoms with E-state index in [9.17, 15) is 13.2 Å². The highest BCUT2D eigenvalue weighted by Crippen LogP contribution is 2.14. The zero-order valence-corrected chi connectivity index (χ0v) is 20.4. The third-order valence-corrected chi connectivity index (χ3v) is 7.59. The zero-order valence-electron chi connectivity index (χ0n) is 19.6. The molecule has 0 saturated carbocycles. The summed E-state index contributed by atoms with van der Waals surface area (Å²) < 4.78 is 27.0. The molecule has 1 aliphatic heterocycles. The molecule has 1 saturated heterocycles. The van der Waals surface area contributed by atoms with E-state index < -0.39 is 16.1 Å². The average Bonchev–Trinajstić information content (AvgIpc) is 2.91. The molecule has 5 nitrogen and oxygen atoms in total. The van der Waals surface area contributed by atoms with E-state index in [1.54, 1.807) is 0 Å². The van der Waals surface area contributed by atoms with Crippen LogP contribution in [0.5, 0.6) is 0 Å². The molecular weight excluding hydrogens is 396 g/mol. The van der Waals surface area contributed by atoms with Crippen molar-refractivity contribution < 1.29 is 13.2 Å². The first-order chi connectivity index (χ1) is 14.5. The monoisotopic (exact) mass is 444 g/mol. The molecular formula is C24H48N2O3S. The van der Waals surface area contributed by atoms with Crippen LogP contribution in [0.2, 0.25) is 0 Å². The van der Waals surface area contributed by atoms with Gasteiger partial charge in [0.15, 0.2) is 0 Å². The van der Waals surface area contributed by atoms with Crippen LogP contribution < -0.4 is 10.0 Å². The summed E-state index contributed by atoms with van der Waals surface area (Å²) in [6, 6.07) is -0.585. The van der Waals surface area contributed by atoms with Crippen LogP contribution >= 0.6 is 0 Å². The van der Waals surface area contributed by atoms with Crippen LogP contribution in [0, 0.1) is 0 Å². The summed E-state index contributed by atoms with van der Waals surface area (Å²) in [7, 11) is -3.36. The van der Waals surface area contributed by atoms with Gasteiger partial charge in [-0.1, -0.05) is 103 Å². The molecule has 2 N–H and O–H groups in total.